The van der Waals surface area contributed by atoms with Crippen molar-refractivity contribution in [2.45, 2.75) is 194 Å². The van der Waals surface area contributed by atoms with Gasteiger partial charge < -0.3 is 7.59 Å². The number of carbonyl (C=O) groups excluding carboxylic acids is 2. The van der Waals surface area contributed by atoms with E-state index in [4.69, 9.17) is 4.74 Å². The predicted octanol–water partition coefficient (Wildman–Crippen LogP) is 10.9. The Balaban J connectivity index is -0.00000193. The summed E-state index contributed by atoms with van der Waals surface area (Å²) >= 11 is 0. The normalized spacial score (nSPS) is 10.8. The number of esters is 2. The molecule has 0 aromatic carbocycles. The summed E-state index contributed by atoms with van der Waals surface area (Å²) in [6, 6.07) is 0. The van der Waals surface area contributed by atoms with Crippen molar-refractivity contribution in [3.8, 4) is 0 Å². The van der Waals surface area contributed by atoms with E-state index < -0.39 is 0 Å². The summed E-state index contributed by atoms with van der Waals surface area (Å²) < 4.78 is 4.98. The van der Waals surface area contributed by atoms with Gasteiger partial charge in [-0.1, -0.05) is 168 Å². The number of hydrogen-bond acceptors (Lipinski definition) is 3. The first-order valence-electron chi connectivity index (χ1n) is 15.9. The van der Waals surface area contributed by atoms with Gasteiger partial charge in [-0.05, 0) is 12.8 Å². The van der Waals surface area contributed by atoms with Crippen LogP contribution in [0.2, 0.25) is 0 Å². The van der Waals surface area contributed by atoms with Crippen LogP contribution in [0.3, 0.4) is 0 Å². The Morgan fingerprint density at radius 3 is 0.806 bits per heavy atom. The van der Waals surface area contributed by atoms with Gasteiger partial charge in [0.2, 0.25) is 0 Å². The summed E-state index contributed by atoms with van der Waals surface area (Å²) in [5.41, 5.74) is 0. The van der Waals surface area contributed by atoms with Crippen LogP contribution in [0.15, 0.2) is 0 Å². The van der Waals surface area contributed by atoms with Crippen LogP contribution in [-0.4, -0.2) is 60.8 Å². The van der Waals surface area contributed by atoms with Gasteiger partial charge in [0.25, 0.3) is 0 Å². The Morgan fingerprint density at radius 1 is 0.389 bits per heavy atom. The third kappa shape index (κ3) is 32.7. The number of hydrogen-bond donors (Lipinski definition) is 0. The van der Waals surface area contributed by atoms with Crippen LogP contribution < -0.4 is 0 Å². The minimum absolute atomic E-state index is 0. The van der Waals surface area contributed by atoms with Crippen LogP contribution in [0.5, 0.6) is 0 Å². The summed E-state index contributed by atoms with van der Waals surface area (Å²) in [6.45, 7) is 4.53. The van der Waals surface area contributed by atoms with Crippen LogP contribution in [0.25, 0.3) is 0 Å². The maximum atomic E-state index is 11.8. The summed E-state index contributed by atoms with van der Waals surface area (Å²) in [5.74, 6) is -0.653. The topological polar surface area (TPSA) is 43.4 Å². The van der Waals surface area contributed by atoms with Crippen LogP contribution in [0.4, 0.5) is 0 Å². The fourth-order valence-corrected chi connectivity index (χ4v) is 4.80. The zero-order chi connectivity index (χ0) is 25.7. The molecule has 0 bridgehead atoms. The van der Waals surface area contributed by atoms with Gasteiger partial charge in [-0.2, -0.15) is 0 Å². The van der Waals surface area contributed by atoms with Crippen molar-refractivity contribution in [2.75, 3.05) is 0 Å². The van der Waals surface area contributed by atoms with Crippen molar-refractivity contribution in [3.05, 3.63) is 0 Å². The average molecular weight is 634 g/mol. The molecule has 0 heterocycles. The van der Waals surface area contributed by atoms with Gasteiger partial charge in [0.1, 0.15) is 0 Å². The van der Waals surface area contributed by atoms with E-state index in [-0.39, 0.29) is 63.7 Å². The van der Waals surface area contributed by atoms with Crippen molar-refractivity contribution in [3.63, 3.8) is 0 Å². The van der Waals surface area contributed by atoms with Crippen LogP contribution in [0, 0.1) is 0 Å². The van der Waals surface area contributed by atoms with E-state index in [1.807, 2.05) is 0 Å². The Kier molecular flexibility index (Phi) is 36.4. The van der Waals surface area contributed by atoms with Crippen LogP contribution in [-0.2, 0) is 14.3 Å². The quantitative estimate of drug-likeness (QED) is 0.0372. The monoisotopic (exact) mass is 634 g/mol. The van der Waals surface area contributed by atoms with Gasteiger partial charge in [0.15, 0.2) is 0 Å². The summed E-state index contributed by atoms with van der Waals surface area (Å²) in [5, 5.41) is 0. The van der Waals surface area contributed by atoms with Gasteiger partial charge in [-0.3, -0.25) is 9.59 Å². The number of carbonyl (C=O) groups is 2. The summed E-state index contributed by atoms with van der Waals surface area (Å²) in [6.07, 6.45) is 34.3. The van der Waals surface area contributed by atoms with Gasteiger partial charge in [-0.25, -0.2) is 0 Å². The molecule has 0 spiro atoms. The molecule has 0 fully saturated rings. The van der Waals surface area contributed by atoms with Crippen molar-refractivity contribution < 1.29 is 17.2 Å². The summed E-state index contributed by atoms with van der Waals surface area (Å²) in [4.78, 5) is 23.7. The van der Waals surface area contributed by atoms with Gasteiger partial charge in [0.05, 0.1) is 0 Å². The second kappa shape index (κ2) is 33.7. The Labute approximate surface area is 269 Å². The number of rotatable bonds is 28. The summed E-state index contributed by atoms with van der Waals surface area (Å²) in [7, 11) is 0. The second-order valence-corrected chi connectivity index (χ2v) is 10.8. The molecule has 0 saturated carbocycles. The first-order chi connectivity index (χ1) is 17.2. The second-order valence-electron chi connectivity index (χ2n) is 10.8. The molecule has 3 nitrogen and oxygen atoms in total. The first-order valence-corrected chi connectivity index (χ1v) is 15.9. The molecule has 0 aromatic heterocycles. The fourth-order valence-electron chi connectivity index (χ4n) is 4.80. The van der Waals surface area contributed by atoms with Gasteiger partial charge in [-0.15, -0.1) is 0 Å². The van der Waals surface area contributed by atoms with Crippen LogP contribution in [0.1, 0.15) is 196 Å². The van der Waals surface area contributed by atoms with Crippen molar-refractivity contribution in [2.24, 2.45) is 0 Å². The predicted molar refractivity (Wildman–Crippen MR) is 160 cm³/mol. The van der Waals surface area contributed by atoms with Crippen molar-refractivity contribution in [1.82, 2.24) is 0 Å². The van der Waals surface area contributed by atoms with E-state index >= 15 is 0 Å². The van der Waals surface area contributed by atoms with Gasteiger partial charge in [0, 0.05) is 12.8 Å². The molecule has 212 valence electrons. The molecule has 0 N–H and O–H groups in total. The molecule has 0 atom stereocenters. The molecule has 0 radical (unpaired) electrons. The molecule has 0 unspecified atom stereocenters. The van der Waals surface area contributed by atoms with Crippen molar-refractivity contribution >= 4 is 60.8 Å². The molecule has 0 saturated heterocycles. The minimum atomic E-state index is -0.327. The van der Waals surface area contributed by atoms with E-state index in [0.29, 0.717) is 12.8 Å². The van der Waals surface area contributed by atoms with E-state index in [2.05, 4.69) is 13.8 Å². The van der Waals surface area contributed by atoms with E-state index in [0.717, 1.165) is 25.7 Å². The molecule has 4 heteroatoms. The molecule has 0 aromatic rings. The molecule has 0 amide bonds. The average Bonchev–Trinajstić information content (AvgIpc) is 2.85. The third-order valence-corrected chi connectivity index (χ3v) is 7.20. The third-order valence-electron chi connectivity index (χ3n) is 7.20. The molecule has 0 aliphatic rings. The molecule has 36 heavy (non-hydrogen) atoms. The fraction of sp³-hybridized carbons (Fsp3) is 0.938. The number of unbranched alkanes of at least 4 members (excludes halogenated alkanes) is 24. The van der Waals surface area contributed by atoms with E-state index in [1.165, 1.54) is 141 Å². The smallest absolute Gasteiger partial charge is 1.00 e. The maximum Gasteiger partial charge on any atom is 2.00 e. The standard InChI is InChI=1S/C32H62O3.Ba.2H/c1-3-5-7-9-11-13-15-16-17-18-20-22-24-26-28-30-32(34)35-31(33)29-27-25-23-21-19-14-12-10-8-6-4-2;;;/h3-30H2,1-2H3;;;/q;+2;2*-1. The Hall–Kier alpha value is 0.711. The molecule has 0 aliphatic heterocycles. The van der Waals surface area contributed by atoms with Crippen LogP contribution >= 0.6 is 0 Å². The Morgan fingerprint density at radius 2 is 0.583 bits per heavy atom. The SMILES string of the molecule is CCCCCCCCCCCCCCCCCC(=O)OC(=O)CCCCCCCCCCCCC.[Ba+2].[H-].[H-]. The number of ether oxygens (including phenoxy) is 1. The Bertz CT molecular complexity index is 464. The molecular formula is C32H64BaO3. The van der Waals surface area contributed by atoms with E-state index in [9.17, 15) is 9.59 Å². The largest absolute Gasteiger partial charge is 2.00 e. The van der Waals surface area contributed by atoms with Crippen molar-refractivity contribution in [1.29, 1.82) is 0 Å². The maximum absolute atomic E-state index is 11.8. The minimum Gasteiger partial charge on any atom is -1.00 e. The molecule has 0 aliphatic carbocycles. The van der Waals surface area contributed by atoms with E-state index in [1.54, 1.807) is 0 Å². The van der Waals surface area contributed by atoms with Gasteiger partial charge >= 0.3 is 60.8 Å². The molecular weight excluding hydrogens is 570 g/mol. The molecule has 0 rings (SSSR count). The zero-order valence-electron chi connectivity index (χ0n) is 26.7. The first kappa shape index (κ1) is 38.9. The zero-order valence-corrected chi connectivity index (χ0v) is 29.2.